The number of anilines is 1. The maximum atomic E-state index is 11.5. The molecule has 3 atom stereocenters. The van der Waals surface area contributed by atoms with Gasteiger partial charge in [-0.05, 0) is 93.7 Å². The quantitative estimate of drug-likeness (QED) is 0.388. The molecule has 41 heavy (non-hydrogen) atoms. The molecule has 0 amide bonds. The monoisotopic (exact) mass is 596 g/mol. The Morgan fingerprint density at radius 1 is 0.927 bits per heavy atom. The molecule has 3 aromatic rings. The minimum atomic E-state index is -0.649. The predicted octanol–water partition coefficient (Wildman–Crippen LogP) is 5.32. The molecule has 2 aromatic heterocycles. The molecule has 0 spiro atoms. The summed E-state index contributed by atoms with van der Waals surface area (Å²) >= 11 is 12.6. The number of halogens is 2. The van der Waals surface area contributed by atoms with Crippen molar-refractivity contribution in [1.29, 1.82) is 0 Å². The molecular formula is C30H34Cl2N6O3. The zero-order chi connectivity index (χ0) is 28.5. The lowest BCUT2D eigenvalue weighted by atomic mass is 10.1. The number of aliphatic carboxylic acids is 1. The Labute approximate surface area is 250 Å². The third-order valence-corrected chi connectivity index (χ3v) is 8.92. The first-order valence-electron chi connectivity index (χ1n) is 14.2. The van der Waals surface area contributed by atoms with Crippen molar-refractivity contribution in [2.45, 2.75) is 25.8 Å². The Morgan fingerprint density at radius 3 is 2.37 bits per heavy atom. The van der Waals surface area contributed by atoms with Crippen LogP contribution in [0.3, 0.4) is 0 Å². The van der Waals surface area contributed by atoms with Gasteiger partial charge >= 0.3 is 5.97 Å². The van der Waals surface area contributed by atoms with E-state index < -0.39 is 5.97 Å². The van der Waals surface area contributed by atoms with Crippen LogP contribution in [0.15, 0.2) is 42.5 Å². The molecular weight excluding hydrogens is 563 g/mol. The summed E-state index contributed by atoms with van der Waals surface area (Å²) in [6.07, 6.45) is 2.89. The fraction of sp³-hybridized carbons (Fsp3) is 0.467. The third kappa shape index (κ3) is 6.75. The Hall–Kier alpha value is -2.98. The Balaban J connectivity index is 1.21. The lowest BCUT2D eigenvalue weighted by Crippen LogP contribution is -2.29. The minimum Gasteiger partial charge on any atom is -0.481 e. The zero-order valence-corrected chi connectivity index (χ0v) is 24.6. The van der Waals surface area contributed by atoms with Gasteiger partial charge in [-0.1, -0.05) is 23.2 Å². The van der Waals surface area contributed by atoms with Crippen molar-refractivity contribution in [2.75, 3.05) is 51.2 Å². The number of likely N-dealkylation sites (N-methyl/N-ethyl adjacent to an activating group) is 1. The van der Waals surface area contributed by atoms with Crippen molar-refractivity contribution in [3.05, 3.63) is 58.1 Å². The van der Waals surface area contributed by atoms with Crippen LogP contribution in [-0.2, 0) is 11.3 Å². The molecule has 1 saturated carbocycles. The van der Waals surface area contributed by atoms with E-state index in [2.05, 4.69) is 31.9 Å². The van der Waals surface area contributed by atoms with Gasteiger partial charge in [-0.15, -0.1) is 10.2 Å². The number of ether oxygens (including phenoxy) is 1. The fourth-order valence-corrected chi connectivity index (χ4v) is 6.79. The van der Waals surface area contributed by atoms with Gasteiger partial charge in [0.25, 0.3) is 0 Å². The van der Waals surface area contributed by atoms with Crippen LogP contribution in [0.1, 0.15) is 24.8 Å². The second-order valence-electron chi connectivity index (χ2n) is 11.4. The number of nitrogens with zero attached hydrogens (tertiary/aromatic N) is 6. The lowest BCUT2D eigenvalue weighted by Gasteiger charge is -2.22. The van der Waals surface area contributed by atoms with E-state index in [1.54, 1.807) is 6.07 Å². The van der Waals surface area contributed by atoms with Gasteiger partial charge in [-0.2, -0.15) is 0 Å². The molecule has 0 unspecified atom stereocenters. The lowest BCUT2D eigenvalue weighted by molar-refractivity contribution is -0.139. The maximum absolute atomic E-state index is 11.5. The highest BCUT2D eigenvalue weighted by atomic mass is 35.5. The van der Waals surface area contributed by atoms with E-state index in [1.165, 1.54) is 0 Å². The number of carboxylic acid groups (broad SMARTS) is 1. The smallest absolute Gasteiger partial charge is 0.307 e. The predicted molar refractivity (Wildman–Crippen MR) is 159 cm³/mol. The van der Waals surface area contributed by atoms with Crippen LogP contribution in [0, 0.1) is 17.8 Å². The number of likely N-dealkylation sites (tertiary alicyclic amines) is 1. The number of hydrogen-bond donors (Lipinski definition) is 1. The van der Waals surface area contributed by atoms with Crippen LogP contribution >= 0.6 is 23.2 Å². The number of fused-ring (bicyclic) bond motifs is 1. The van der Waals surface area contributed by atoms with Gasteiger partial charge in [0.05, 0.1) is 11.6 Å². The molecule has 0 radical (unpaired) electrons. The minimum absolute atomic E-state index is 0.162. The number of aromatic nitrogens is 3. The third-order valence-electron chi connectivity index (χ3n) is 8.48. The van der Waals surface area contributed by atoms with Crippen LogP contribution in [0.5, 0.6) is 11.8 Å². The van der Waals surface area contributed by atoms with Crippen molar-refractivity contribution in [3.63, 3.8) is 0 Å². The number of carbonyl (C=O) groups is 1. The molecule has 2 saturated heterocycles. The summed E-state index contributed by atoms with van der Waals surface area (Å²) in [5.41, 5.74) is 2.52. The van der Waals surface area contributed by atoms with E-state index in [9.17, 15) is 9.90 Å². The Bertz CT molecular complexity index is 1370. The number of carboxylic acids is 1. The second kappa shape index (κ2) is 12.1. The van der Waals surface area contributed by atoms with Crippen LogP contribution in [0.2, 0.25) is 10.0 Å². The van der Waals surface area contributed by atoms with E-state index in [0.29, 0.717) is 45.9 Å². The SMILES string of the molecule is CN1CCCN(c2ccc(Oc3cc(CN4CC[C@@H]5[C@H](CC4)[C@H]5C(=O)O)cc(-c4cc(Cl)cc(Cl)c4)n3)nn2)CC1. The molecule has 3 aliphatic rings. The molecule has 1 aromatic carbocycles. The number of hydrogen-bond acceptors (Lipinski definition) is 8. The van der Waals surface area contributed by atoms with Gasteiger partial charge in [-0.25, -0.2) is 4.98 Å². The van der Waals surface area contributed by atoms with Gasteiger partial charge in [0, 0.05) is 53.9 Å². The highest BCUT2D eigenvalue weighted by molar-refractivity contribution is 6.35. The van der Waals surface area contributed by atoms with Crippen LogP contribution in [-0.4, -0.2) is 82.4 Å². The summed E-state index contributed by atoms with van der Waals surface area (Å²) in [5.74, 6) is 1.41. The van der Waals surface area contributed by atoms with E-state index in [4.69, 9.17) is 32.9 Å². The molecule has 3 fully saturated rings. The van der Waals surface area contributed by atoms with Gasteiger partial charge < -0.3 is 19.6 Å². The van der Waals surface area contributed by atoms with Crippen molar-refractivity contribution in [1.82, 2.24) is 25.0 Å². The average molecular weight is 598 g/mol. The Kier molecular flexibility index (Phi) is 8.30. The maximum Gasteiger partial charge on any atom is 0.307 e. The van der Waals surface area contributed by atoms with E-state index in [-0.39, 0.29) is 5.92 Å². The standard InChI is InChI=1S/C30H34Cl2N6O3/c1-36-7-2-8-38(12-11-36)26-3-4-27(35-34-26)41-28-14-19(13-25(33-28)20-15-21(31)17-22(32)16-20)18-37-9-5-23-24(6-10-37)29(23)30(39)40/h3-4,13-17,23-24,29H,2,5-12,18H2,1H3,(H,39,40)/t23-,24+,29+. The van der Waals surface area contributed by atoms with Crippen molar-refractivity contribution in [3.8, 4) is 23.0 Å². The molecule has 4 heterocycles. The summed E-state index contributed by atoms with van der Waals surface area (Å²) in [5, 5.41) is 19.3. The molecule has 216 valence electrons. The van der Waals surface area contributed by atoms with Gasteiger partial charge in [-0.3, -0.25) is 9.69 Å². The second-order valence-corrected chi connectivity index (χ2v) is 12.3. The summed E-state index contributed by atoms with van der Waals surface area (Å²) in [4.78, 5) is 23.2. The van der Waals surface area contributed by atoms with E-state index in [1.807, 2.05) is 36.4 Å². The van der Waals surface area contributed by atoms with E-state index >= 15 is 0 Å². The molecule has 11 heteroatoms. The summed E-state index contributed by atoms with van der Waals surface area (Å²) in [6.45, 7) is 6.35. The first-order valence-corrected chi connectivity index (χ1v) is 15.0. The largest absolute Gasteiger partial charge is 0.481 e. The van der Waals surface area contributed by atoms with Crippen LogP contribution in [0.25, 0.3) is 11.3 Å². The fourth-order valence-electron chi connectivity index (χ4n) is 6.26. The normalized spacial score (nSPS) is 23.4. The first kappa shape index (κ1) is 28.2. The zero-order valence-electron chi connectivity index (χ0n) is 23.0. The van der Waals surface area contributed by atoms with Crippen molar-refractivity contribution < 1.29 is 14.6 Å². The van der Waals surface area contributed by atoms with Gasteiger partial charge in [0.15, 0.2) is 5.82 Å². The van der Waals surface area contributed by atoms with Gasteiger partial charge in [0.2, 0.25) is 11.8 Å². The number of benzene rings is 1. The van der Waals surface area contributed by atoms with E-state index in [0.717, 1.165) is 75.5 Å². The first-order chi connectivity index (χ1) is 19.8. The van der Waals surface area contributed by atoms with Crippen molar-refractivity contribution >= 4 is 35.0 Å². The molecule has 9 nitrogen and oxygen atoms in total. The molecule has 2 aliphatic heterocycles. The van der Waals surface area contributed by atoms with Crippen LogP contribution in [0.4, 0.5) is 5.82 Å². The highest BCUT2D eigenvalue weighted by Gasteiger charge is 2.54. The molecule has 0 bridgehead atoms. The summed E-state index contributed by atoms with van der Waals surface area (Å²) in [7, 11) is 2.14. The summed E-state index contributed by atoms with van der Waals surface area (Å²) in [6, 6.07) is 13.1. The topological polar surface area (TPSA) is 94.9 Å². The molecule has 6 rings (SSSR count). The molecule has 1 N–H and O–H groups in total. The van der Waals surface area contributed by atoms with Crippen LogP contribution < -0.4 is 9.64 Å². The van der Waals surface area contributed by atoms with Gasteiger partial charge in [0.1, 0.15) is 0 Å². The highest BCUT2D eigenvalue weighted by Crippen LogP contribution is 2.52. The molecule has 1 aliphatic carbocycles. The average Bonchev–Trinajstić information content (AvgIpc) is 3.71. The number of pyridine rings is 1. The van der Waals surface area contributed by atoms with Crippen molar-refractivity contribution in [2.24, 2.45) is 17.8 Å². The number of rotatable bonds is 7. The Morgan fingerprint density at radius 2 is 1.68 bits per heavy atom. The summed E-state index contributed by atoms with van der Waals surface area (Å²) < 4.78 is 6.14.